The molecule has 0 saturated carbocycles. The van der Waals surface area contributed by atoms with Crippen LogP contribution >= 0.6 is 24.0 Å². The summed E-state index contributed by atoms with van der Waals surface area (Å²) in [6.45, 7) is 7.64. The number of fused-ring (bicyclic) bond motifs is 1. The van der Waals surface area contributed by atoms with Gasteiger partial charge in [-0.3, -0.25) is 0 Å². The average Bonchev–Trinajstić information content (AvgIpc) is 2.67. The molecule has 0 fully saturated rings. The van der Waals surface area contributed by atoms with Gasteiger partial charge >= 0.3 is 0 Å². The Morgan fingerprint density at radius 2 is 2.11 bits per heavy atom. The third-order valence-electron chi connectivity index (χ3n) is 2.83. The lowest BCUT2D eigenvalue weighted by atomic mass is 10.1. The molecule has 0 saturated heterocycles. The van der Waals surface area contributed by atoms with Crippen molar-refractivity contribution in [3.05, 3.63) is 11.6 Å². The van der Waals surface area contributed by atoms with E-state index in [4.69, 9.17) is 5.73 Å². The van der Waals surface area contributed by atoms with E-state index in [1.165, 1.54) is 12.8 Å². The van der Waals surface area contributed by atoms with Gasteiger partial charge in [0, 0.05) is 18.5 Å². The van der Waals surface area contributed by atoms with Crippen molar-refractivity contribution in [2.24, 2.45) is 10.7 Å². The fourth-order valence-corrected chi connectivity index (χ4v) is 2.07. The summed E-state index contributed by atoms with van der Waals surface area (Å²) < 4.78 is 2.16. The van der Waals surface area contributed by atoms with Crippen molar-refractivity contribution in [2.45, 2.75) is 58.7 Å². The van der Waals surface area contributed by atoms with Crippen molar-refractivity contribution in [1.82, 2.24) is 20.1 Å². The largest absolute Gasteiger partial charge is 0.370 e. The maximum absolute atomic E-state index is 5.83. The number of hydrogen-bond donors (Lipinski definition) is 2. The van der Waals surface area contributed by atoms with Gasteiger partial charge in [-0.1, -0.05) is 0 Å². The summed E-state index contributed by atoms with van der Waals surface area (Å²) in [7, 11) is 0. The van der Waals surface area contributed by atoms with Gasteiger partial charge in [-0.15, -0.1) is 34.2 Å². The van der Waals surface area contributed by atoms with Crippen LogP contribution in [0.25, 0.3) is 0 Å². The Morgan fingerprint density at radius 3 is 2.79 bits per heavy atom. The first-order valence-corrected chi connectivity index (χ1v) is 6.45. The van der Waals surface area contributed by atoms with E-state index in [0.29, 0.717) is 12.5 Å². The van der Waals surface area contributed by atoms with Crippen LogP contribution < -0.4 is 11.1 Å². The van der Waals surface area contributed by atoms with Gasteiger partial charge in [0.15, 0.2) is 11.8 Å². The predicted octanol–water partition coefficient (Wildman–Crippen LogP) is 1.44. The third-order valence-corrected chi connectivity index (χ3v) is 2.83. The first-order chi connectivity index (χ1) is 8.46. The molecule has 0 bridgehead atoms. The Hall–Kier alpha value is -0.860. The first-order valence-electron chi connectivity index (χ1n) is 6.45. The van der Waals surface area contributed by atoms with Gasteiger partial charge in [0.2, 0.25) is 0 Å². The van der Waals surface area contributed by atoms with Gasteiger partial charge in [0.05, 0.1) is 0 Å². The molecule has 2 rings (SSSR count). The highest BCUT2D eigenvalue weighted by atomic mass is 127. The van der Waals surface area contributed by atoms with Crippen molar-refractivity contribution >= 4 is 29.9 Å². The number of halogens is 1. The molecule has 0 unspecified atom stereocenters. The molecule has 108 valence electrons. The quantitative estimate of drug-likeness (QED) is 0.464. The predicted molar refractivity (Wildman–Crippen MR) is 86.6 cm³/mol. The Bertz CT molecular complexity index is 446. The van der Waals surface area contributed by atoms with Gasteiger partial charge in [-0.05, 0) is 33.6 Å². The summed E-state index contributed by atoms with van der Waals surface area (Å²) in [5.74, 6) is 2.44. The molecule has 2 heterocycles. The summed E-state index contributed by atoms with van der Waals surface area (Å²) in [6, 6.07) is 0. The third kappa shape index (κ3) is 4.63. The van der Waals surface area contributed by atoms with Crippen LogP contribution in [-0.4, -0.2) is 26.3 Å². The minimum absolute atomic E-state index is 0. The Balaban J connectivity index is 0.00000180. The standard InChI is InChI=1S/C12H22N6.HI/c1-12(2,3)15-11(13)14-8-10-17-16-9-6-4-5-7-18(9)10;/h4-8H2,1-3H3,(H3,13,14,15);1H. The molecule has 6 nitrogen and oxygen atoms in total. The lowest BCUT2D eigenvalue weighted by Crippen LogP contribution is -2.45. The number of aromatic nitrogens is 3. The zero-order valence-corrected chi connectivity index (χ0v) is 14.1. The van der Waals surface area contributed by atoms with Crippen LogP contribution in [-0.2, 0) is 19.5 Å². The topological polar surface area (TPSA) is 81.1 Å². The maximum atomic E-state index is 5.83. The van der Waals surface area contributed by atoms with E-state index in [-0.39, 0.29) is 29.5 Å². The van der Waals surface area contributed by atoms with Crippen LogP contribution in [0.5, 0.6) is 0 Å². The van der Waals surface area contributed by atoms with E-state index < -0.39 is 0 Å². The van der Waals surface area contributed by atoms with Crippen LogP contribution in [0.2, 0.25) is 0 Å². The van der Waals surface area contributed by atoms with Crippen molar-refractivity contribution in [1.29, 1.82) is 0 Å². The summed E-state index contributed by atoms with van der Waals surface area (Å²) in [4.78, 5) is 4.32. The highest BCUT2D eigenvalue weighted by molar-refractivity contribution is 14.0. The SMILES string of the molecule is CC(C)(C)NC(N)=NCc1nnc2n1CCCC2.I. The van der Waals surface area contributed by atoms with Crippen LogP contribution in [0.3, 0.4) is 0 Å². The zero-order valence-electron chi connectivity index (χ0n) is 11.8. The highest BCUT2D eigenvalue weighted by Crippen LogP contribution is 2.14. The summed E-state index contributed by atoms with van der Waals surface area (Å²) in [5, 5.41) is 11.5. The molecule has 1 aliphatic heterocycles. The molecule has 7 heteroatoms. The van der Waals surface area contributed by atoms with Gasteiger partial charge in [-0.2, -0.15) is 0 Å². The number of nitrogens with zero attached hydrogens (tertiary/aromatic N) is 4. The number of guanidine groups is 1. The Kier molecular flexibility index (Phi) is 5.57. The zero-order chi connectivity index (χ0) is 13.2. The molecule has 0 aromatic carbocycles. The number of aryl methyl sites for hydroxylation is 1. The molecule has 1 aromatic heterocycles. The Morgan fingerprint density at radius 1 is 1.37 bits per heavy atom. The van der Waals surface area contributed by atoms with Gasteiger partial charge in [-0.25, -0.2) is 4.99 Å². The number of hydrogen-bond acceptors (Lipinski definition) is 3. The van der Waals surface area contributed by atoms with E-state index >= 15 is 0 Å². The first kappa shape index (κ1) is 16.2. The molecule has 19 heavy (non-hydrogen) atoms. The molecular formula is C12H23IN6. The smallest absolute Gasteiger partial charge is 0.189 e. The number of nitrogens with one attached hydrogen (secondary N) is 1. The molecular weight excluding hydrogens is 355 g/mol. The fraction of sp³-hybridized carbons (Fsp3) is 0.750. The molecule has 0 amide bonds. The van der Waals surface area contributed by atoms with E-state index in [0.717, 1.165) is 24.6 Å². The monoisotopic (exact) mass is 378 g/mol. The van der Waals surface area contributed by atoms with Crippen molar-refractivity contribution in [3.8, 4) is 0 Å². The van der Waals surface area contributed by atoms with Crippen molar-refractivity contribution < 1.29 is 0 Å². The van der Waals surface area contributed by atoms with Crippen LogP contribution in [0.4, 0.5) is 0 Å². The van der Waals surface area contributed by atoms with Crippen LogP contribution in [0, 0.1) is 0 Å². The second-order valence-corrected chi connectivity index (χ2v) is 5.72. The lowest BCUT2D eigenvalue weighted by molar-refractivity contribution is 0.502. The normalized spacial score (nSPS) is 15.6. The molecule has 3 N–H and O–H groups in total. The second-order valence-electron chi connectivity index (χ2n) is 5.72. The van der Waals surface area contributed by atoms with E-state index in [2.05, 4.69) is 25.1 Å². The summed E-state index contributed by atoms with van der Waals surface area (Å²) >= 11 is 0. The van der Waals surface area contributed by atoms with Gasteiger partial charge in [0.25, 0.3) is 0 Å². The lowest BCUT2D eigenvalue weighted by Gasteiger charge is -2.21. The minimum atomic E-state index is -0.0716. The molecule has 0 spiro atoms. The second kappa shape index (κ2) is 6.53. The van der Waals surface area contributed by atoms with Crippen molar-refractivity contribution in [3.63, 3.8) is 0 Å². The van der Waals surface area contributed by atoms with E-state index in [1.54, 1.807) is 0 Å². The molecule has 0 aliphatic carbocycles. The number of nitrogens with two attached hydrogens (primary N) is 1. The molecule has 1 aromatic rings. The molecule has 0 atom stereocenters. The van der Waals surface area contributed by atoms with Gasteiger partial charge < -0.3 is 15.6 Å². The van der Waals surface area contributed by atoms with Gasteiger partial charge in [0.1, 0.15) is 12.4 Å². The number of aliphatic imine (C=N–C) groups is 1. The molecule has 0 radical (unpaired) electrons. The van der Waals surface area contributed by atoms with Crippen molar-refractivity contribution in [2.75, 3.05) is 0 Å². The average molecular weight is 378 g/mol. The highest BCUT2D eigenvalue weighted by Gasteiger charge is 2.15. The summed E-state index contributed by atoms with van der Waals surface area (Å²) in [5.41, 5.74) is 5.76. The Labute approximate surface area is 131 Å². The minimum Gasteiger partial charge on any atom is -0.370 e. The number of rotatable bonds is 2. The van der Waals surface area contributed by atoms with E-state index in [9.17, 15) is 0 Å². The summed E-state index contributed by atoms with van der Waals surface area (Å²) in [6.07, 6.45) is 3.42. The maximum Gasteiger partial charge on any atom is 0.189 e. The fourth-order valence-electron chi connectivity index (χ4n) is 2.07. The van der Waals surface area contributed by atoms with Crippen LogP contribution in [0.1, 0.15) is 45.3 Å². The van der Waals surface area contributed by atoms with Crippen LogP contribution in [0.15, 0.2) is 4.99 Å². The van der Waals surface area contributed by atoms with E-state index in [1.807, 2.05) is 20.8 Å². The molecule has 1 aliphatic rings.